The molecule has 0 bridgehead atoms. The van der Waals surface area contributed by atoms with Crippen LogP contribution in [-0.4, -0.2) is 22.9 Å². The third-order valence-corrected chi connectivity index (χ3v) is 2.25. The van der Waals surface area contributed by atoms with E-state index in [4.69, 9.17) is 4.74 Å². The minimum atomic E-state index is -0.627. The second kappa shape index (κ2) is 4.69. The van der Waals surface area contributed by atoms with Crippen molar-refractivity contribution >= 4 is 5.78 Å². The second-order valence-corrected chi connectivity index (χ2v) is 3.27. The predicted octanol–water partition coefficient (Wildman–Crippen LogP) is 1.86. The second-order valence-electron chi connectivity index (χ2n) is 3.27. The molecule has 0 fully saturated rings. The van der Waals surface area contributed by atoms with Gasteiger partial charge in [0.1, 0.15) is 23.5 Å². The van der Waals surface area contributed by atoms with Crippen molar-refractivity contribution in [2.45, 2.75) is 0 Å². The summed E-state index contributed by atoms with van der Waals surface area (Å²) in [5.41, 5.74) is 0.112. The van der Waals surface area contributed by atoms with Crippen LogP contribution in [0.3, 0.4) is 0 Å². The molecule has 0 N–H and O–H groups in total. The van der Waals surface area contributed by atoms with Gasteiger partial charge in [0.25, 0.3) is 0 Å². The number of carbonyl (C=O) groups is 1. The fourth-order valence-corrected chi connectivity index (χ4v) is 1.46. The highest BCUT2D eigenvalue weighted by molar-refractivity contribution is 6.10. The first-order valence-electron chi connectivity index (χ1n) is 4.86. The normalized spacial score (nSPS) is 10.0. The van der Waals surface area contributed by atoms with E-state index in [1.54, 1.807) is 0 Å². The molecule has 17 heavy (non-hydrogen) atoms. The highest BCUT2D eigenvalue weighted by Crippen LogP contribution is 2.23. The summed E-state index contributed by atoms with van der Waals surface area (Å²) in [6.07, 6.45) is 3.97. The molecule has 4 nitrogen and oxygen atoms in total. The third kappa shape index (κ3) is 2.13. The van der Waals surface area contributed by atoms with E-state index in [0.717, 1.165) is 0 Å². The molecule has 1 heterocycles. The summed E-state index contributed by atoms with van der Waals surface area (Å²) in [4.78, 5) is 19.5. The van der Waals surface area contributed by atoms with Crippen molar-refractivity contribution in [3.8, 4) is 5.75 Å². The Kier molecular flexibility index (Phi) is 3.09. The topological polar surface area (TPSA) is 52.1 Å². The molecule has 2 aromatic rings. The number of rotatable bonds is 3. The number of hydrogen-bond acceptors (Lipinski definition) is 4. The average molecular weight is 232 g/mol. The molecule has 0 spiro atoms. The molecule has 0 atom stereocenters. The Bertz CT molecular complexity index is 543. The molecule has 1 aromatic heterocycles. The predicted molar refractivity (Wildman–Crippen MR) is 58.4 cm³/mol. The van der Waals surface area contributed by atoms with Crippen LogP contribution in [0.25, 0.3) is 0 Å². The Balaban J connectivity index is 2.51. The van der Waals surface area contributed by atoms with Crippen LogP contribution in [0.2, 0.25) is 0 Å². The Labute approximate surface area is 97.1 Å². The van der Waals surface area contributed by atoms with Crippen LogP contribution in [0.5, 0.6) is 5.75 Å². The Morgan fingerprint density at radius 1 is 1.29 bits per heavy atom. The minimum absolute atomic E-state index is 0.107. The van der Waals surface area contributed by atoms with Gasteiger partial charge in [0.15, 0.2) is 0 Å². The molecule has 0 aliphatic rings. The summed E-state index contributed by atoms with van der Waals surface area (Å²) in [6.45, 7) is 0. The lowest BCUT2D eigenvalue weighted by Gasteiger charge is -2.07. The molecule has 2 rings (SSSR count). The van der Waals surface area contributed by atoms with E-state index in [1.807, 2.05) is 0 Å². The number of halogens is 1. The van der Waals surface area contributed by atoms with Crippen molar-refractivity contribution in [2.24, 2.45) is 0 Å². The van der Waals surface area contributed by atoms with E-state index in [2.05, 4.69) is 9.97 Å². The van der Waals surface area contributed by atoms with Gasteiger partial charge in [-0.15, -0.1) is 0 Å². The highest BCUT2D eigenvalue weighted by atomic mass is 19.1. The van der Waals surface area contributed by atoms with Gasteiger partial charge < -0.3 is 4.74 Å². The van der Waals surface area contributed by atoms with Gasteiger partial charge in [-0.3, -0.25) is 4.79 Å². The van der Waals surface area contributed by atoms with Crippen molar-refractivity contribution in [3.63, 3.8) is 0 Å². The summed E-state index contributed by atoms with van der Waals surface area (Å²) in [7, 11) is 1.38. The molecule has 0 unspecified atom stereocenters. The number of hydrogen-bond donors (Lipinski definition) is 0. The summed E-state index contributed by atoms with van der Waals surface area (Å²) in [5.74, 6) is -0.933. The molecule has 0 radical (unpaired) electrons. The van der Waals surface area contributed by atoms with Gasteiger partial charge in [-0.2, -0.15) is 0 Å². The number of benzene rings is 1. The molecule has 0 aliphatic heterocycles. The van der Waals surface area contributed by atoms with Crippen molar-refractivity contribution in [1.82, 2.24) is 9.97 Å². The van der Waals surface area contributed by atoms with Crippen LogP contribution >= 0.6 is 0 Å². The molecule has 0 aliphatic carbocycles. The zero-order valence-electron chi connectivity index (χ0n) is 9.05. The first-order chi connectivity index (χ1) is 8.24. The number of ketones is 1. The molecular formula is C12H9FN2O2. The molecule has 86 valence electrons. The number of ether oxygens (including phenoxy) is 1. The minimum Gasteiger partial charge on any atom is -0.496 e. The maximum Gasteiger partial charge on any atom is 0.202 e. The smallest absolute Gasteiger partial charge is 0.202 e. The zero-order chi connectivity index (χ0) is 12.3. The Morgan fingerprint density at radius 2 is 2.00 bits per heavy atom. The Morgan fingerprint density at radius 3 is 2.65 bits per heavy atom. The SMILES string of the molecule is COc1cccc(F)c1C(=O)c1cncnc1. The summed E-state index contributed by atoms with van der Waals surface area (Å²) < 4.78 is 18.6. The van der Waals surface area contributed by atoms with Gasteiger partial charge in [0, 0.05) is 12.4 Å². The lowest BCUT2D eigenvalue weighted by atomic mass is 10.0. The van der Waals surface area contributed by atoms with Crippen LogP contribution in [0, 0.1) is 5.82 Å². The monoisotopic (exact) mass is 232 g/mol. The van der Waals surface area contributed by atoms with Gasteiger partial charge in [0.05, 0.1) is 12.7 Å². The van der Waals surface area contributed by atoms with Crippen LogP contribution < -0.4 is 4.74 Å². The van der Waals surface area contributed by atoms with E-state index < -0.39 is 11.6 Å². The van der Waals surface area contributed by atoms with Crippen molar-refractivity contribution in [1.29, 1.82) is 0 Å². The third-order valence-electron chi connectivity index (χ3n) is 2.25. The van der Waals surface area contributed by atoms with Crippen LogP contribution in [0.4, 0.5) is 4.39 Å². The molecule has 0 saturated heterocycles. The van der Waals surface area contributed by atoms with E-state index >= 15 is 0 Å². The standard InChI is InChI=1S/C12H9FN2O2/c1-17-10-4-2-3-9(13)11(10)12(16)8-5-14-7-15-6-8/h2-7H,1H3. The van der Waals surface area contributed by atoms with Crippen molar-refractivity contribution in [3.05, 3.63) is 53.9 Å². The fraction of sp³-hybridized carbons (Fsp3) is 0.0833. The first kappa shape index (κ1) is 11.2. The van der Waals surface area contributed by atoms with Crippen molar-refractivity contribution in [2.75, 3.05) is 7.11 Å². The summed E-state index contributed by atoms with van der Waals surface area (Å²) in [6, 6.07) is 4.21. The number of carbonyl (C=O) groups excluding carboxylic acids is 1. The van der Waals surface area contributed by atoms with E-state index in [9.17, 15) is 9.18 Å². The maximum atomic E-state index is 13.6. The summed E-state index contributed by atoms with van der Waals surface area (Å²) in [5, 5.41) is 0. The molecule has 1 aromatic carbocycles. The van der Waals surface area contributed by atoms with Crippen LogP contribution in [-0.2, 0) is 0 Å². The van der Waals surface area contributed by atoms with Crippen molar-refractivity contribution < 1.29 is 13.9 Å². The van der Waals surface area contributed by atoms with Gasteiger partial charge in [-0.05, 0) is 12.1 Å². The van der Waals surface area contributed by atoms with E-state index in [-0.39, 0.29) is 16.9 Å². The number of aromatic nitrogens is 2. The number of nitrogens with zero attached hydrogens (tertiary/aromatic N) is 2. The maximum absolute atomic E-state index is 13.6. The quantitative estimate of drug-likeness (QED) is 0.758. The summed E-state index contributed by atoms with van der Waals surface area (Å²) >= 11 is 0. The molecule has 5 heteroatoms. The molecule has 0 amide bonds. The zero-order valence-corrected chi connectivity index (χ0v) is 9.05. The Hall–Kier alpha value is -2.30. The van der Waals surface area contributed by atoms with E-state index in [1.165, 1.54) is 44.0 Å². The average Bonchev–Trinajstić information content (AvgIpc) is 2.38. The van der Waals surface area contributed by atoms with Crippen LogP contribution in [0.1, 0.15) is 15.9 Å². The lowest BCUT2D eigenvalue weighted by Crippen LogP contribution is -2.07. The van der Waals surface area contributed by atoms with Gasteiger partial charge >= 0.3 is 0 Å². The fourth-order valence-electron chi connectivity index (χ4n) is 1.46. The van der Waals surface area contributed by atoms with Gasteiger partial charge in [0.2, 0.25) is 5.78 Å². The lowest BCUT2D eigenvalue weighted by molar-refractivity contribution is 0.103. The van der Waals surface area contributed by atoms with Crippen LogP contribution in [0.15, 0.2) is 36.9 Å². The van der Waals surface area contributed by atoms with Gasteiger partial charge in [-0.1, -0.05) is 6.07 Å². The largest absolute Gasteiger partial charge is 0.496 e. The van der Waals surface area contributed by atoms with Gasteiger partial charge in [-0.25, -0.2) is 14.4 Å². The van der Waals surface area contributed by atoms with E-state index in [0.29, 0.717) is 0 Å². The molecular weight excluding hydrogens is 223 g/mol. The number of methoxy groups -OCH3 is 1. The highest BCUT2D eigenvalue weighted by Gasteiger charge is 2.19. The first-order valence-corrected chi connectivity index (χ1v) is 4.86. The molecule has 0 saturated carbocycles.